The third-order valence-electron chi connectivity index (χ3n) is 2.06. The summed E-state index contributed by atoms with van der Waals surface area (Å²) >= 11 is 5.64. The second-order valence-electron chi connectivity index (χ2n) is 3.21. The molecule has 5 nitrogen and oxygen atoms in total. The monoisotopic (exact) mass is 268 g/mol. The average molecular weight is 269 g/mol. The number of halogens is 2. The van der Waals surface area contributed by atoms with Crippen LogP contribution in [0.5, 0.6) is 5.88 Å². The Morgan fingerprint density at radius 1 is 1.39 bits per heavy atom. The molecule has 7 heteroatoms. The first-order valence-corrected chi connectivity index (χ1v) is 5.13. The Labute approximate surface area is 106 Å². The van der Waals surface area contributed by atoms with Crippen molar-refractivity contribution < 1.29 is 19.0 Å². The maximum absolute atomic E-state index is 13.7. The van der Waals surface area contributed by atoms with E-state index in [0.717, 1.165) is 6.33 Å². The van der Waals surface area contributed by atoms with Crippen LogP contribution in [0.15, 0.2) is 30.6 Å². The maximum atomic E-state index is 13.7. The minimum Gasteiger partial charge on any atom is -0.449 e. The number of aromatic nitrogens is 2. The second-order valence-corrected chi connectivity index (χ2v) is 3.62. The van der Waals surface area contributed by atoms with Gasteiger partial charge in [-0.1, -0.05) is 17.7 Å². The Morgan fingerprint density at radius 2 is 2.17 bits per heavy atom. The molecule has 0 unspecified atom stereocenters. The van der Waals surface area contributed by atoms with Crippen LogP contribution < -0.4 is 4.74 Å². The predicted octanol–water partition coefficient (Wildman–Crippen LogP) is 2.99. The van der Waals surface area contributed by atoms with Crippen LogP contribution in [0.1, 0.15) is 0 Å². The molecule has 0 aliphatic carbocycles. The van der Waals surface area contributed by atoms with E-state index < -0.39 is 12.0 Å². The van der Waals surface area contributed by atoms with Crippen molar-refractivity contribution in [2.75, 3.05) is 0 Å². The molecule has 0 spiro atoms. The lowest BCUT2D eigenvalue weighted by molar-refractivity contribution is 0.142. The van der Waals surface area contributed by atoms with Gasteiger partial charge in [0.1, 0.15) is 6.33 Å². The van der Waals surface area contributed by atoms with Crippen LogP contribution in [0.25, 0.3) is 11.3 Å². The highest BCUT2D eigenvalue weighted by molar-refractivity contribution is 6.31. The van der Waals surface area contributed by atoms with Crippen molar-refractivity contribution in [3.63, 3.8) is 0 Å². The van der Waals surface area contributed by atoms with Gasteiger partial charge in [0.2, 0.25) is 5.88 Å². The molecule has 0 aliphatic heterocycles. The Kier molecular flexibility index (Phi) is 3.38. The first kappa shape index (κ1) is 12.3. The maximum Gasteiger partial charge on any atom is 0.512 e. The molecule has 1 aromatic heterocycles. The summed E-state index contributed by atoms with van der Waals surface area (Å²) in [5.74, 6) is -0.828. The van der Waals surface area contributed by atoms with Gasteiger partial charge in [-0.05, 0) is 12.1 Å². The number of rotatable bonds is 2. The highest BCUT2D eigenvalue weighted by Crippen LogP contribution is 2.27. The van der Waals surface area contributed by atoms with Crippen LogP contribution in [0.4, 0.5) is 9.18 Å². The number of benzene rings is 1. The lowest BCUT2D eigenvalue weighted by Crippen LogP contribution is -2.05. The quantitative estimate of drug-likeness (QED) is 0.848. The molecule has 0 atom stereocenters. The topological polar surface area (TPSA) is 72.3 Å². The fourth-order valence-corrected chi connectivity index (χ4v) is 1.51. The van der Waals surface area contributed by atoms with Crippen molar-refractivity contribution in [1.82, 2.24) is 9.97 Å². The minimum atomic E-state index is -1.51. The summed E-state index contributed by atoms with van der Waals surface area (Å²) in [5.41, 5.74) is 0.321. The van der Waals surface area contributed by atoms with Gasteiger partial charge in [-0.15, -0.1) is 0 Å². The molecule has 0 saturated heterocycles. The summed E-state index contributed by atoms with van der Waals surface area (Å²) < 4.78 is 18.1. The zero-order valence-corrected chi connectivity index (χ0v) is 9.56. The molecule has 1 heterocycles. The molecule has 0 saturated carbocycles. The highest BCUT2D eigenvalue weighted by atomic mass is 35.5. The van der Waals surface area contributed by atoms with E-state index in [1.165, 1.54) is 18.2 Å². The van der Waals surface area contributed by atoms with Gasteiger partial charge >= 0.3 is 6.16 Å². The normalized spacial score (nSPS) is 10.1. The average Bonchev–Trinajstić information content (AvgIpc) is 2.32. The van der Waals surface area contributed by atoms with Crippen LogP contribution in [0.2, 0.25) is 5.02 Å². The molecule has 1 aromatic carbocycles. The Morgan fingerprint density at radius 3 is 2.89 bits per heavy atom. The third-order valence-corrected chi connectivity index (χ3v) is 2.35. The lowest BCUT2D eigenvalue weighted by Gasteiger charge is -2.04. The smallest absolute Gasteiger partial charge is 0.449 e. The van der Waals surface area contributed by atoms with E-state index in [4.69, 9.17) is 16.7 Å². The fourth-order valence-electron chi connectivity index (χ4n) is 1.33. The van der Waals surface area contributed by atoms with Gasteiger partial charge in [-0.2, -0.15) is 0 Å². The van der Waals surface area contributed by atoms with Crippen LogP contribution in [-0.2, 0) is 0 Å². The number of carbonyl (C=O) groups is 1. The molecule has 0 fully saturated rings. The summed E-state index contributed by atoms with van der Waals surface area (Å²) in [4.78, 5) is 17.8. The third kappa shape index (κ3) is 2.54. The van der Waals surface area contributed by atoms with Gasteiger partial charge in [0.25, 0.3) is 0 Å². The summed E-state index contributed by atoms with van der Waals surface area (Å²) in [6, 6.07) is 5.63. The van der Waals surface area contributed by atoms with E-state index in [1.54, 1.807) is 6.07 Å². The molecule has 0 aliphatic rings. The van der Waals surface area contributed by atoms with E-state index in [-0.39, 0.29) is 22.2 Å². The van der Waals surface area contributed by atoms with E-state index in [1.807, 2.05) is 0 Å². The number of carboxylic acid groups (broad SMARTS) is 1. The van der Waals surface area contributed by atoms with Crippen molar-refractivity contribution in [2.45, 2.75) is 0 Å². The predicted molar refractivity (Wildman–Crippen MR) is 61.1 cm³/mol. The van der Waals surface area contributed by atoms with E-state index in [0.29, 0.717) is 0 Å². The van der Waals surface area contributed by atoms with Crippen LogP contribution in [0.3, 0.4) is 0 Å². The second kappa shape index (κ2) is 4.97. The van der Waals surface area contributed by atoms with Gasteiger partial charge in [-0.25, -0.2) is 19.2 Å². The molecule has 2 aromatic rings. The standard InChI is InChI=1S/C11H6ClFN2O3/c12-7-3-1-2-6(10(7)13)8-4-9(15-5-14-8)18-11(16)17/h1-5H,(H,16,17). The minimum absolute atomic E-state index is 0.0492. The van der Waals surface area contributed by atoms with E-state index >= 15 is 0 Å². The van der Waals surface area contributed by atoms with Gasteiger partial charge in [0.15, 0.2) is 5.82 Å². The van der Waals surface area contributed by atoms with Gasteiger partial charge in [-0.3, -0.25) is 0 Å². The number of nitrogens with zero attached hydrogens (tertiary/aromatic N) is 2. The Hall–Kier alpha value is -2.21. The summed E-state index contributed by atoms with van der Waals surface area (Å²) in [5, 5.41) is 8.40. The molecule has 18 heavy (non-hydrogen) atoms. The van der Waals surface area contributed by atoms with Gasteiger partial charge in [0.05, 0.1) is 10.7 Å². The van der Waals surface area contributed by atoms with Crippen molar-refractivity contribution >= 4 is 17.8 Å². The molecular formula is C11H6ClFN2O3. The largest absolute Gasteiger partial charge is 0.512 e. The molecule has 1 N–H and O–H groups in total. The summed E-state index contributed by atoms with van der Waals surface area (Å²) in [6.07, 6.45) is -0.431. The molecule has 92 valence electrons. The summed E-state index contributed by atoms with van der Waals surface area (Å²) in [6.45, 7) is 0. The van der Waals surface area contributed by atoms with E-state index in [9.17, 15) is 9.18 Å². The number of hydrogen-bond acceptors (Lipinski definition) is 4. The van der Waals surface area contributed by atoms with Crippen molar-refractivity contribution in [2.24, 2.45) is 0 Å². The lowest BCUT2D eigenvalue weighted by atomic mass is 10.1. The first-order chi connectivity index (χ1) is 8.58. The number of hydrogen-bond donors (Lipinski definition) is 1. The Balaban J connectivity index is 2.44. The molecular weight excluding hydrogens is 263 g/mol. The summed E-state index contributed by atoms with van der Waals surface area (Å²) in [7, 11) is 0. The zero-order valence-electron chi connectivity index (χ0n) is 8.80. The Bertz CT molecular complexity index is 607. The molecule has 0 bridgehead atoms. The van der Waals surface area contributed by atoms with Crippen molar-refractivity contribution in [3.05, 3.63) is 41.4 Å². The zero-order chi connectivity index (χ0) is 13.1. The molecule has 0 amide bonds. The van der Waals surface area contributed by atoms with Gasteiger partial charge in [0, 0.05) is 11.6 Å². The highest BCUT2D eigenvalue weighted by Gasteiger charge is 2.11. The number of ether oxygens (including phenoxy) is 1. The SMILES string of the molecule is O=C(O)Oc1cc(-c2cccc(Cl)c2F)ncn1. The fraction of sp³-hybridized carbons (Fsp3) is 0. The first-order valence-electron chi connectivity index (χ1n) is 4.75. The molecule has 0 radical (unpaired) electrons. The van der Waals surface area contributed by atoms with Crippen molar-refractivity contribution in [3.8, 4) is 17.1 Å². The van der Waals surface area contributed by atoms with Crippen molar-refractivity contribution in [1.29, 1.82) is 0 Å². The van der Waals surface area contributed by atoms with Crippen LogP contribution >= 0.6 is 11.6 Å². The van der Waals surface area contributed by atoms with Crippen LogP contribution in [-0.4, -0.2) is 21.2 Å². The van der Waals surface area contributed by atoms with Crippen LogP contribution in [0, 0.1) is 5.82 Å². The van der Waals surface area contributed by atoms with E-state index in [2.05, 4.69) is 14.7 Å². The van der Waals surface area contributed by atoms with Gasteiger partial charge < -0.3 is 9.84 Å². The molecule has 2 rings (SSSR count).